The van der Waals surface area contributed by atoms with Crippen LogP contribution in [0.15, 0.2) is 42.9 Å². The number of alkyl halides is 3. The van der Waals surface area contributed by atoms with E-state index in [-0.39, 0.29) is 12.8 Å². The molecule has 3 rings (SSSR count). The van der Waals surface area contributed by atoms with Crippen LogP contribution in [0.4, 0.5) is 13.2 Å². The Kier molecular flexibility index (Phi) is 5.83. The Labute approximate surface area is 163 Å². The first-order chi connectivity index (χ1) is 13.3. The van der Waals surface area contributed by atoms with Gasteiger partial charge in [-0.1, -0.05) is 23.7 Å². The predicted molar refractivity (Wildman–Crippen MR) is 94.2 cm³/mol. The Morgan fingerprint density at radius 1 is 1.21 bits per heavy atom. The van der Waals surface area contributed by atoms with Crippen molar-refractivity contribution in [1.82, 2.24) is 20.6 Å². The average Bonchev–Trinajstić information content (AvgIpc) is 2.66. The smallest absolute Gasteiger partial charge is 0.344 e. The summed E-state index contributed by atoms with van der Waals surface area (Å²) in [4.78, 5) is 32.7. The van der Waals surface area contributed by atoms with Crippen molar-refractivity contribution in [3.8, 4) is 0 Å². The summed E-state index contributed by atoms with van der Waals surface area (Å²) < 4.78 is 38.4. The van der Waals surface area contributed by atoms with E-state index in [1.807, 2.05) is 5.32 Å². The number of carbonyl (C=O) groups excluding carboxylic acids is 2. The van der Waals surface area contributed by atoms with E-state index in [4.69, 9.17) is 11.6 Å². The first-order valence-electron chi connectivity index (χ1n) is 8.44. The van der Waals surface area contributed by atoms with Crippen molar-refractivity contribution in [2.24, 2.45) is 5.92 Å². The number of piperidine rings is 1. The molecule has 3 unspecified atom stereocenters. The van der Waals surface area contributed by atoms with Gasteiger partial charge in [0.05, 0.1) is 11.7 Å². The van der Waals surface area contributed by atoms with Gasteiger partial charge in [-0.25, -0.2) is 9.97 Å². The molecule has 28 heavy (non-hydrogen) atoms. The number of rotatable bonds is 4. The molecule has 0 bridgehead atoms. The number of nitrogens with one attached hydrogen (secondary N) is 2. The monoisotopic (exact) mass is 412 g/mol. The fourth-order valence-electron chi connectivity index (χ4n) is 3.00. The minimum absolute atomic E-state index is 0.195. The second-order valence-corrected chi connectivity index (χ2v) is 6.80. The van der Waals surface area contributed by atoms with Crippen LogP contribution >= 0.6 is 11.6 Å². The Hall–Kier alpha value is -2.68. The molecule has 0 radical (unpaired) electrons. The first-order valence-corrected chi connectivity index (χ1v) is 8.82. The molecule has 1 aromatic heterocycles. The quantitative estimate of drug-likeness (QED) is 0.756. The molecule has 0 spiro atoms. The summed E-state index contributed by atoms with van der Waals surface area (Å²) in [6.07, 6.45) is -2.28. The fraction of sp³-hybridized carbons (Fsp3) is 0.333. The zero-order valence-corrected chi connectivity index (χ0v) is 15.2. The van der Waals surface area contributed by atoms with Crippen LogP contribution in [0.5, 0.6) is 0 Å². The van der Waals surface area contributed by atoms with Gasteiger partial charge in [-0.15, -0.1) is 0 Å². The summed E-state index contributed by atoms with van der Waals surface area (Å²) in [5, 5.41) is 5.09. The van der Waals surface area contributed by atoms with Crippen molar-refractivity contribution >= 4 is 23.4 Å². The molecule has 1 aliphatic heterocycles. The molecule has 3 atom stereocenters. The number of aromatic nitrogens is 2. The highest BCUT2D eigenvalue weighted by Gasteiger charge is 2.46. The summed E-state index contributed by atoms with van der Waals surface area (Å²) in [5.41, 5.74) is 1.12. The molecule has 1 aliphatic rings. The van der Waals surface area contributed by atoms with Gasteiger partial charge in [-0.2, -0.15) is 13.2 Å². The van der Waals surface area contributed by atoms with E-state index >= 15 is 0 Å². The second kappa shape index (κ2) is 8.14. The molecule has 1 saturated heterocycles. The first kappa shape index (κ1) is 20.1. The topological polar surface area (TPSA) is 84.0 Å². The molecule has 2 aromatic rings. The van der Waals surface area contributed by atoms with Gasteiger partial charge in [0.1, 0.15) is 18.3 Å². The number of halogens is 4. The summed E-state index contributed by atoms with van der Waals surface area (Å²) in [6.45, 7) is 0. The van der Waals surface area contributed by atoms with Crippen molar-refractivity contribution in [3.05, 3.63) is 59.1 Å². The highest BCUT2D eigenvalue weighted by Crippen LogP contribution is 2.29. The molecule has 10 heteroatoms. The van der Waals surface area contributed by atoms with Gasteiger partial charge in [0.2, 0.25) is 11.8 Å². The maximum Gasteiger partial charge on any atom is 0.408 e. The molecule has 0 saturated carbocycles. The molecule has 0 aliphatic carbocycles. The van der Waals surface area contributed by atoms with E-state index in [0.29, 0.717) is 16.3 Å². The normalized spacial score (nSPS) is 20.9. The van der Waals surface area contributed by atoms with Crippen molar-refractivity contribution in [2.45, 2.75) is 31.1 Å². The number of benzene rings is 1. The minimum atomic E-state index is -4.54. The van der Waals surface area contributed by atoms with Crippen molar-refractivity contribution in [3.63, 3.8) is 0 Å². The van der Waals surface area contributed by atoms with E-state index in [2.05, 4.69) is 15.3 Å². The lowest BCUT2D eigenvalue weighted by atomic mass is 9.92. The molecule has 148 valence electrons. The van der Waals surface area contributed by atoms with Gasteiger partial charge in [0.15, 0.2) is 0 Å². The van der Waals surface area contributed by atoms with Crippen LogP contribution in [0.1, 0.15) is 30.1 Å². The number of nitrogens with zero attached hydrogens (tertiary/aromatic N) is 2. The summed E-state index contributed by atoms with van der Waals surface area (Å²) in [5.74, 6) is -2.82. The Morgan fingerprint density at radius 2 is 1.93 bits per heavy atom. The summed E-state index contributed by atoms with van der Waals surface area (Å²) >= 11 is 5.90. The molecule has 1 aromatic carbocycles. The minimum Gasteiger partial charge on any atom is -0.344 e. The van der Waals surface area contributed by atoms with Crippen LogP contribution in [0.3, 0.4) is 0 Å². The molecule has 2 amide bonds. The average molecular weight is 413 g/mol. The van der Waals surface area contributed by atoms with Gasteiger partial charge in [-0.05, 0) is 36.6 Å². The SMILES string of the molecule is O=C(NC(c1ccc(Cl)cc1)c1ccncn1)C1CCC(C(F)(F)F)NC1=O. The Balaban J connectivity index is 1.79. The number of hydrogen-bond acceptors (Lipinski definition) is 4. The second-order valence-electron chi connectivity index (χ2n) is 6.36. The van der Waals surface area contributed by atoms with E-state index in [0.717, 1.165) is 0 Å². The molecule has 2 N–H and O–H groups in total. The third kappa shape index (κ3) is 4.59. The fourth-order valence-corrected chi connectivity index (χ4v) is 3.13. The third-order valence-corrected chi connectivity index (χ3v) is 4.73. The van der Waals surface area contributed by atoms with Crippen LogP contribution in [-0.4, -0.2) is 34.0 Å². The number of hydrogen-bond donors (Lipinski definition) is 2. The van der Waals surface area contributed by atoms with Gasteiger partial charge < -0.3 is 10.6 Å². The summed E-state index contributed by atoms with van der Waals surface area (Å²) in [7, 11) is 0. The van der Waals surface area contributed by atoms with Crippen LogP contribution in [0.25, 0.3) is 0 Å². The largest absolute Gasteiger partial charge is 0.408 e. The van der Waals surface area contributed by atoms with Gasteiger partial charge in [0, 0.05) is 11.2 Å². The molecule has 6 nitrogen and oxygen atoms in total. The maximum absolute atomic E-state index is 12.8. The van der Waals surface area contributed by atoms with Crippen LogP contribution in [0.2, 0.25) is 5.02 Å². The highest BCUT2D eigenvalue weighted by molar-refractivity contribution is 6.30. The Bertz CT molecular complexity index is 846. The number of amides is 2. The van der Waals surface area contributed by atoms with Crippen LogP contribution in [0, 0.1) is 5.92 Å². The highest BCUT2D eigenvalue weighted by atomic mass is 35.5. The van der Waals surface area contributed by atoms with E-state index in [9.17, 15) is 22.8 Å². The molecule has 2 heterocycles. The predicted octanol–water partition coefficient (Wildman–Crippen LogP) is 2.79. The van der Waals surface area contributed by atoms with Crippen molar-refractivity contribution in [2.75, 3.05) is 0 Å². The third-order valence-electron chi connectivity index (χ3n) is 4.48. The van der Waals surface area contributed by atoms with Crippen LogP contribution < -0.4 is 10.6 Å². The Morgan fingerprint density at radius 3 is 2.50 bits per heavy atom. The van der Waals surface area contributed by atoms with Crippen molar-refractivity contribution in [1.29, 1.82) is 0 Å². The van der Waals surface area contributed by atoms with E-state index in [1.54, 1.807) is 30.3 Å². The van der Waals surface area contributed by atoms with Gasteiger partial charge in [0.25, 0.3) is 0 Å². The molecular formula is C18H16ClF3N4O2. The summed E-state index contributed by atoms with van der Waals surface area (Å²) in [6, 6.07) is 5.61. The van der Waals surface area contributed by atoms with Gasteiger partial charge >= 0.3 is 6.18 Å². The van der Waals surface area contributed by atoms with Gasteiger partial charge in [-0.3, -0.25) is 9.59 Å². The molecular weight excluding hydrogens is 397 g/mol. The standard InChI is InChI=1S/C18H16ClF3N4O2/c19-11-3-1-10(2-4-11)15(13-7-8-23-9-24-13)26-17(28)12-5-6-14(18(20,21)22)25-16(12)27/h1-4,7-9,12,14-15H,5-6H2,(H,25,27)(H,26,28). The van der Waals surface area contributed by atoms with E-state index < -0.39 is 36.0 Å². The van der Waals surface area contributed by atoms with Crippen LogP contribution in [-0.2, 0) is 9.59 Å². The zero-order valence-electron chi connectivity index (χ0n) is 14.4. The zero-order chi connectivity index (χ0) is 20.3. The number of carbonyl (C=O) groups is 2. The molecule has 1 fully saturated rings. The lowest BCUT2D eigenvalue weighted by Gasteiger charge is -2.30. The lowest BCUT2D eigenvalue weighted by molar-refractivity contribution is -0.171. The maximum atomic E-state index is 12.8. The van der Waals surface area contributed by atoms with Crippen molar-refractivity contribution < 1.29 is 22.8 Å². The lowest BCUT2D eigenvalue weighted by Crippen LogP contribution is -2.54. The van der Waals surface area contributed by atoms with E-state index in [1.165, 1.54) is 12.5 Å².